The summed E-state index contributed by atoms with van der Waals surface area (Å²) in [6.07, 6.45) is 1.40. The van der Waals surface area contributed by atoms with E-state index < -0.39 is 5.66 Å². The molecule has 1 spiro atoms. The minimum Gasteiger partial charge on any atom is -0.324 e. The molecule has 3 aromatic rings. The van der Waals surface area contributed by atoms with E-state index in [9.17, 15) is 4.79 Å². The van der Waals surface area contributed by atoms with Gasteiger partial charge >= 0.3 is 6.03 Å². The number of hydrogen-bond donors (Lipinski definition) is 1. The summed E-state index contributed by atoms with van der Waals surface area (Å²) in [5.41, 5.74) is 3.54. The van der Waals surface area contributed by atoms with Gasteiger partial charge in [0.05, 0.1) is 5.71 Å². The highest BCUT2D eigenvalue weighted by Gasteiger charge is 2.40. The van der Waals surface area contributed by atoms with E-state index in [1.807, 2.05) is 29.2 Å². The molecule has 2 aliphatic rings. The van der Waals surface area contributed by atoms with Crippen LogP contribution in [0.15, 0.2) is 94.9 Å². The van der Waals surface area contributed by atoms with Crippen LogP contribution >= 0.6 is 23.4 Å². The van der Waals surface area contributed by atoms with Gasteiger partial charge in [-0.25, -0.2) is 9.79 Å². The van der Waals surface area contributed by atoms with Crippen LogP contribution in [0.2, 0.25) is 5.02 Å². The summed E-state index contributed by atoms with van der Waals surface area (Å²) in [6.45, 7) is 1.20. The van der Waals surface area contributed by atoms with E-state index in [0.717, 1.165) is 27.8 Å². The van der Waals surface area contributed by atoms with E-state index >= 15 is 0 Å². The Kier molecular flexibility index (Phi) is 6.70. The minimum atomic E-state index is -0.499. The first-order valence-electron chi connectivity index (χ1n) is 11.3. The number of hydrogen-bond acceptors (Lipinski definition) is 4. The van der Waals surface area contributed by atoms with Gasteiger partial charge in [-0.1, -0.05) is 84.0 Å². The summed E-state index contributed by atoms with van der Waals surface area (Å²) in [4.78, 5) is 24.9. The monoisotopic (exact) mass is 488 g/mol. The lowest BCUT2D eigenvalue weighted by molar-refractivity contribution is 0.175. The summed E-state index contributed by atoms with van der Waals surface area (Å²) < 4.78 is 0. The van der Waals surface area contributed by atoms with Gasteiger partial charge < -0.3 is 10.2 Å². The van der Waals surface area contributed by atoms with Crippen molar-refractivity contribution < 1.29 is 4.79 Å². The molecule has 3 aromatic carbocycles. The van der Waals surface area contributed by atoms with Crippen LogP contribution in [-0.4, -0.2) is 40.4 Å². The molecule has 0 aromatic heterocycles. The summed E-state index contributed by atoms with van der Waals surface area (Å²) in [5.74, 6) is 0.844. The number of benzene rings is 3. The van der Waals surface area contributed by atoms with Crippen LogP contribution in [0, 0.1) is 0 Å². The summed E-state index contributed by atoms with van der Waals surface area (Å²) >= 11 is 7.67. The molecule has 5 rings (SSSR count). The number of halogens is 1. The number of likely N-dealkylation sites (tertiary alicyclic amines) is 1. The van der Waals surface area contributed by atoms with Gasteiger partial charge in [0.15, 0.2) is 5.66 Å². The Morgan fingerprint density at radius 3 is 2.24 bits per heavy atom. The zero-order valence-electron chi connectivity index (χ0n) is 18.7. The lowest BCUT2D eigenvalue weighted by Crippen LogP contribution is -2.46. The summed E-state index contributed by atoms with van der Waals surface area (Å²) in [5, 5.41) is 4.58. The van der Waals surface area contributed by atoms with Gasteiger partial charge in [-0.15, -0.1) is 0 Å². The van der Waals surface area contributed by atoms with Crippen molar-refractivity contribution >= 4 is 45.8 Å². The van der Waals surface area contributed by atoms with Crippen molar-refractivity contribution in [2.24, 2.45) is 9.98 Å². The van der Waals surface area contributed by atoms with Crippen LogP contribution in [0.5, 0.6) is 0 Å². The highest BCUT2D eigenvalue weighted by atomic mass is 35.5. The van der Waals surface area contributed by atoms with Gasteiger partial charge in [-0.05, 0) is 29.8 Å². The lowest BCUT2D eigenvalue weighted by Gasteiger charge is -2.35. The van der Waals surface area contributed by atoms with E-state index in [4.69, 9.17) is 21.6 Å². The highest BCUT2D eigenvalue weighted by molar-refractivity contribution is 8.15. The van der Waals surface area contributed by atoms with Gasteiger partial charge in [0.2, 0.25) is 0 Å². The molecule has 1 N–H and O–H groups in total. The fraction of sp³-hybridized carbons (Fsp3) is 0.222. The average Bonchev–Trinajstić information content (AvgIpc) is 3.23. The molecular formula is C27H25ClN4OS. The topological polar surface area (TPSA) is 57.1 Å². The molecule has 2 amide bonds. The number of nitrogens with zero attached hydrogens (tertiary/aromatic N) is 3. The first-order chi connectivity index (χ1) is 16.6. The molecular weight excluding hydrogens is 464 g/mol. The number of aliphatic imine (C=N–C) groups is 2. The van der Waals surface area contributed by atoms with Gasteiger partial charge in [0.1, 0.15) is 5.04 Å². The van der Waals surface area contributed by atoms with Crippen molar-refractivity contribution in [3.05, 3.63) is 101 Å². The Morgan fingerprint density at radius 1 is 0.912 bits per heavy atom. The molecule has 2 aliphatic heterocycles. The predicted octanol–water partition coefficient (Wildman–Crippen LogP) is 6.50. The fourth-order valence-electron chi connectivity index (χ4n) is 4.16. The third-order valence-corrected chi connectivity index (χ3v) is 7.33. The molecule has 1 saturated heterocycles. The molecule has 1 fully saturated rings. The van der Waals surface area contributed by atoms with Gasteiger partial charge in [-0.3, -0.25) is 4.99 Å². The lowest BCUT2D eigenvalue weighted by atomic mass is 9.98. The number of anilines is 1. The number of amides is 2. The first kappa shape index (κ1) is 22.7. The van der Waals surface area contributed by atoms with E-state index in [0.29, 0.717) is 31.0 Å². The largest absolute Gasteiger partial charge is 0.324 e. The number of carbonyl (C=O) groups excluding carboxylic acids is 1. The Bertz CT molecular complexity index is 1200. The molecule has 0 atom stereocenters. The van der Waals surface area contributed by atoms with E-state index in [1.54, 1.807) is 36.0 Å². The van der Waals surface area contributed by atoms with Gasteiger partial charge in [-0.2, -0.15) is 0 Å². The van der Waals surface area contributed by atoms with Crippen molar-refractivity contribution in [2.75, 3.05) is 18.4 Å². The molecule has 2 heterocycles. The standard InChI is InChI=1S/C27H25ClN4OS/c28-22-11-13-23(14-12-22)29-26(33)32-17-15-27(16-18-32)30-24(21-9-5-2-6-10-21)25(31-27)34-19-20-7-3-1-4-8-20/h1-14H,15-19H2,(H,29,33). The normalized spacial score (nSPS) is 16.8. The van der Waals surface area contributed by atoms with Crippen molar-refractivity contribution in [3.63, 3.8) is 0 Å². The second-order valence-electron chi connectivity index (χ2n) is 8.42. The third-order valence-electron chi connectivity index (χ3n) is 6.04. The maximum absolute atomic E-state index is 12.8. The van der Waals surface area contributed by atoms with Crippen LogP contribution in [0.3, 0.4) is 0 Å². The van der Waals surface area contributed by atoms with Crippen LogP contribution in [0.4, 0.5) is 10.5 Å². The number of piperidine rings is 1. The SMILES string of the molecule is O=C(Nc1ccc(Cl)cc1)N1CCC2(CC1)N=C(SCc1ccccc1)C(c1ccccc1)=N2. The Hall–Kier alpha value is -3.09. The zero-order chi connectivity index (χ0) is 23.4. The quantitative estimate of drug-likeness (QED) is 0.455. The molecule has 0 bridgehead atoms. The minimum absolute atomic E-state index is 0.106. The van der Waals surface area contributed by atoms with E-state index in [-0.39, 0.29) is 6.03 Å². The van der Waals surface area contributed by atoms with Crippen LogP contribution in [0.25, 0.3) is 0 Å². The second-order valence-corrected chi connectivity index (χ2v) is 9.82. The molecule has 0 aliphatic carbocycles. The smallest absolute Gasteiger partial charge is 0.321 e. The van der Waals surface area contributed by atoms with Crippen LogP contribution < -0.4 is 5.32 Å². The van der Waals surface area contributed by atoms with E-state index in [2.05, 4.69) is 41.7 Å². The number of urea groups is 1. The van der Waals surface area contributed by atoms with Crippen molar-refractivity contribution in [1.82, 2.24) is 4.90 Å². The zero-order valence-corrected chi connectivity index (χ0v) is 20.2. The number of carbonyl (C=O) groups is 1. The summed E-state index contributed by atoms with van der Waals surface area (Å²) in [6, 6.07) is 27.7. The number of rotatable bonds is 4. The Morgan fingerprint density at radius 2 is 1.56 bits per heavy atom. The molecule has 0 saturated carbocycles. The van der Waals surface area contributed by atoms with Crippen LogP contribution in [0.1, 0.15) is 24.0 Å². The van der Waals surface area contributed by atoms with Crippen LogP contribution in [-0.2, 0) is 5.75 Å². The third kappa shape index (κ3) is 5.18. The molecule has 0 unspecified atom stereocenters. The molecule has 34 heavy (non-hydrogen) atoms. The first-order valence-corrected chi connectivity index (χ1v) is 12.7. The fourth-order valence-corrected chi connectivity index (χ4v) is 5.32. The average molecular weight is 489 g/mol. The number of thioether (sulfide) groups is 1. The predicted molar refractivity (Wildman–Crippen MR) is 142 cm³/mol. The Labute approximate surface area is 209 Å². The Balaban J connectivity index is 1.30. The molecule has 5 nitrogen and oxygen atoms in total. The summed E-state index contributed by atoms with van der Waals surface area (Å²) in [7, 11) is 0. The molecule has 172 valence electrons. The van der Waals surface area contributed by atoms with Crippen molar-refractivity contribution in [3.8, 4) is 0 Å². The van der Waals surface area contributed by atoms with E-state index in [1.165, 1.54) is 5.56 Å². The second kappa shape index (κ2) is 10.0. The van der Waals surface area contributed by atoms with Crippen molar-refractivity contribution in [2.45, 2.75) is 24.3 Å². The molecule has 0 radical (unpaired) electrons. The van der Waals surface area contributed by atoms with Crippen molar-refractivity contribution in [1.29, 1.82) is 0 Å². The highest BCUT2D eigenvalue weighted by Crippen LogP contribution is 2.36. The maximum Gasteiger partial charge on any atom is 0.321 e. The van der Waals surface area contributed by atoms with Gasteiger partial charge in [0, 0.05) is 48.0 Å². The molecule has 7 heteroatoms. The number of nitrogens with one attached hydrogen (secondary N) is 1. The maximum atomic E-state index is 12.8. The van der Waals surface area contributed by atoms with Gasteiger partial charge in [0.25, 0.3) is 0 Å².